The van der Waals surface area contributed by atoms with Gasteiger partial charge in [-0.15, -0.1) is 0 Å². The summed E-state index contributed by atoms with van der Waals surface area (Å²) >= 11 is 6.11. The maximum atomic E-state index is 13.1. The van der Waals surface area contributed by atoms with Crippen molar-refractivity contribution in [2.45, 2.75) is 17.9 Å². The quantitative estimate of drug-likeness (QED) is 0.530. The van der Waals surface area contributed by atoms with Crippen molar-refractivity contribution in [3.63, 3.8) is 0 Å². The van der Waals surface area contributed by atoms with Crippen LogP contribution >= 0.6 is 11.6 Å². The number of benzene rings is 2. The summed E-state index contributed by atoms with van der Waals surface area (Å²) in [6.45, 7) is 0.191. The summed E-state index contributed by atoms with van der Waals surface area (Å²) < 4.78 is 28.8. The van der Waals surface area contributed by atoms with Crippen molar-refractivity contribution in [2.24, 2.45) is 0 Å². The van der Waals surface area contributed by atoms with Crippen LogP contribution in [0.3, 0.4) is 0 Å². The summed E-state index contributed by atoms with van der Waals surface area (Å²) in [5.41, 5.74) is 2.92. The van der Waals surface area contributed by atoms with Crippen molar-refractivity contribution in [3.05, 3.63) is 87.3 Å². The largest absolute Gasteiger partial charge is 0.289 e. The molecule has 30 heavy (non-hydrogen) atoms. The van der Waals surface area contributed by atoms with Crippen LogP contribution in [0.5, 0.6) is 0 Å². The number of sulfonamides is 1. The predicted octanol–water partition coefficient (Wildman–Crippen LogP) is 3.09. The van der Waals surface area contributed by atoms with Gasteiger partial charge in [0.15, 0.2) is 5.65 Å². The van der Waals surface area contributed by atoms with E-state index in [0.29, 0.717) is 23.3 Å². The lowest BCUT2D eigenvalue weighted by Gasteiger charge is -2.27. The second kappa shape index (κ2) is 7.09. The van der Waals surface area contributed by atoms with Crippen molar-refractivity contribution >= 4 is 27.3 Å². The Bertz CT molecular complexity index is 1430. The van der Waals surface area contributed by atoms with Gasteiger partial charge >= 0.3 is 0 Å². The highest BCUT2D eigenvalue weighted by atomic mass is 35.5. The standard InChI is InChI=1S/C21H17ClN4O3S/c22-16-8-4-5-9-19(16)30(28,29)25-11-10-17-15(13-25)21(27)26-20(23-17)12-18(24-26)14-6-2-1-3-7-14/h1-9,12,24H,10-11,13H2. The number of H-pyrrole nitrogens is 1. The van der Waals surface area contributed by atoms with Crippen LogP contribution < -0.4 is 5.56 Å². The first-order valence-electron chi connectivity index (χ1n) is 9.39. The number of nitrogens with zero attached hydrogens (tertiary/aromatic N) is 3. The van der Waals surface area contributed by atoms with Gasteiger partial charge in [0, 0.05) is 25.6 Å². The Balaban J connectivity index is 1.57. The maximum Gasteiger partial charge on any atom is 0.277 e. The van der Waals surface area contributed by atoms with Crippen LogP contribution in [0.15, 0.2) is 70.4 Å². The summed E-state index contributed by atoms with van der Waals surface area (Å²) in [7, 11) is -3.83. The number of rotatable bonds is 3. The Morgan fingerprint density at radius 1 is 1.03 bits per heavy atom. The second-order valence-electron chi connectivity index (χ2n) is 7.09. The molecule has 5 rings (SSSR count). The molecule has 7 nitrogen and oxygen atoms in total. The number of aromatic amines is 1. The molecule has 0 saturated heterocycles. The summed E-state index contributed by atoms with van der Waals surface area (Å²) in [5, 5.41) is 3.24. The van der Waals surface area contributed by atoms with E-state index in [4.69, 9.17) is 11.6 Å². The van der Waals surface area contributed by atoms with Crippen LogP contribution in [0.1, 0.15) is 11.3 Å². The fourth-order valence-corrected chi connectivity index (χ4v) is 5.62. The molecule has 0 radical (unpaired) electrons. The van der Waals surface area contributed by atoms with Gasteiger partial charge in [-0.1, -0.05) is 54.1 Å². The molecule has 2 aromatic heterocycles. The van der Waals surface area contributed by atoms with Gasteiger partial charge in [-0.25, -0.2) is 17.9 Å². The Hall–Kier alpha value is -2.94. The van der Waals surface area contributed by atoms with Gasteiger partial charge in [0.1, 0.15) is 4.90 Å². The van der Waals surface area contributed by atoms with E-state index in [-0.39, 0.29) is 28.6 Å². The van der Waals surface area contributed by atoms with Crippen molar-refractivity contribution in [1.82, 2.24) is 18.9 Å². The van der Waals surface area contributed by atoms with Gasteiger partial charge < -0.3 is 0 Å². The normalized spacial score (nSPS) is 14.7. The highest BCUT2D eigenvalue weighted by molar-refractivity contribution is 7.89. The lowest BCUT2D eigenvalue weighted by molar-refractivity contribution is 0.385. The van der Waals surface area contributed by atoms with E-state index < -0.39 is 10.0 Å². The highest BCUT2D eigenvalue weighted by Crippen LogP contribution is 2.28. The first-order valence-corrected chi connectivity index (χ1v) is 11.2. The third-order valence-corrected chi connectivity index (χ3v) is 7.61. The molecule has 0 aliphatic carbocycles. The average Bonchev–Trinajstić information content (AvgIpc) is 3.19. The fourth-order valence-electron chi connectivity index (χ4n) is 3.72. The number of hydrogen-bond donors (Lipinski definition) is 1. The monoisotopic (exact) mass is 440 g/mol. The third-order valence-electron chi connectivity index (χ3n) is 5.27. The van der Waals surface area contributed by atoms with E-state index in [1.165, 1.54) is 21.0 Å². The van der Waals surface area contributed by atoms with Crippen LogP contribution in [0.25, 0.3) is 16.9 Å². The summed E-state index contributed by atoms with van der Waals surface area (Å²) in [4.78, 5) is 17.8. The molecule has 0 amide bonds. The third kappa shape index (κ3) is 3.04. The Morgan fingerprint density at radius 2 is 1.77 bits per heavy atom. The molecule has 0 atom stereocenters. The Labute approximate surface area is 177 Å². The van der Waals surface area contributed by atoms with Gasteiger partial charge in [0.25, 0.3) is 5.56 Å². The topological polar surface area (TPSA) is 87.5 Å². The minimum Gasteiger partial charge on any atom is -0.289 e. The van der Waals surface area contributed by atoms with Crippen LogP contribution in [0, 0.1) is 0 Å². The Morgan fingerprint density at radius 3 is 2.53 bits per heavy atom. The van der Waals surface area contributed by atoms with Gasteiger partial charge in [-0.3, -0.25) is 9.89 Å². The number of aromatic nitrogens is 3. The van der Waals surface area contributed by atoms with Crippen molar-refractivity contribution in [1.29, 1.82) is 0 Å². The summed E-state index contributed by atoms with van der Waals surface area (Å²) in [6.07, 6.45) is 0.358. The SMILES string of the molecule is O=c1c2c(nc3cc(-c4ccccc4)[nH]n13)CCN(S(=O)(=O)c1ccccc1Cl)C2. The fraction of sp³-hybridized carbons (Fsp3) is 0.143. The number of hydrogen-bond acceptors (Lipinski definition) is 4. The predicted molar refractivity (Wildman–Crippen MR) is 114 cm³/mol. The lowest BCUT2D eigenvalue weighted by Crippen LogP contribution is -2.40. The molecule has 4 aromatic rings. The molecular formula is C21H17ClN4O3S. The van der Waals surface area contributed by atoms with E-state index in [2.05, 4.69) is 10.1 Å². The second-order valence-corrected chi connectivity index (χ2v) is 9.40. The lowest BCUT2D eigenvalue weighted by atomic mass is 10.1. The Kier molecular flexibility index (Phi) is 4.50. The molecule has 2 aromatic carbocycles. The van der Waals surface area contributed by atoms with Gasteiger partial charge in [0.2, 0.25) is 10.0 Å². The van der Waals surface area contributed by atoms with Crippen LogP contribution in [-0.2, 0) is 23.0 Å². The highest BCUT2D eigenvalue weighted by Gasteiger charge is 2.32. The maximum absolute atomic E-state index is 13.1. The van der Waals surface area contributed by atoms with Gasteiger partial charge in [-0.05, 0) is 17.7 Å². The summed E-state index contributed by atoms with van der Waals surface area (Å²) in [6, 6.07) is 17.8. The minimum absolute atomic E-state index is 0.0375. The summed E-state index contributed by atoms with van der Waals surface area (Å²) in [5.74, 6) is 0. The van der Waals surface area contributed by atoms with E-state index in [1.807, 2.05) is 36.4 Å². The number of nitrogens with one attached hydrogen (secondary N) is 1. The van der Waals surface area contributed by atoms with Crippen LogP contribution in [0.2, 0.25) is 5.02 Å². The molecule has 0 spiro atoms. The zero-order chi connectivity index (χ0) is 20.9. The smallest absolute Gasteiger partial charge is 0.277 e. The minimum atomic E-state index is -3.83. The first-order chi connectivity index (χ1) is 14.4. The molecule has 0 fully saturated rings. The van der Waals surface area contributed by atoms with E-state index in [0.717, 1.165) is 11.3 Å². The van der Waals surface area contributed by atoms with Crippen LogP contribution in [0.4, 0.5) is 0 Å². The molecule has 0 unspecified atom stereocenters. The molecule has 0 bridgehead atoms. The van der Waals surface area contributed by atoms with E-state index >= 15 is 0 Å². The number of halogens is 1. The molecule has 1 aliphatic rings. The molecule has 3 heterocycles. The van der Waals surface area contributed by atoms with Gasteiger partial charge in [-0.2, -0.15) is 4.31 Å². The molecule has 1 aliphatic heterocycles. The molecular weight excluding hydrogens is 424 g/mol. The van der Waals surface area contributed by atoms with Crippen molar-refractivity contribution in [3.8, 4) is 11.3 Å². The molecule has 0 saturated carbocycles. The van der Waals surface area contributed by atoms with Gasteiger partial charge in [0.05, 0.1) is 22.0 Å². The zero-order valence-corrected chi connectivity index (χ0v) is 17.3. The zero-order valence-electron chi connectivity index (χ0n) is 15.7. The average molecular weight is 441 g/mol. The van der Waals surface area contributed by atoms with E-state index in [9.17, 15) is 13.2 Å². The van der Waals surface area contributed by atoms with Crippen molar-refractivity contribution in [2.75, 3.05) is 6.54 Å². The first kappa shape index (κ1) is 19.0. The molecule has 1 N–H and O–H groups in total. The molecule has 9 heteroatoms. The molecule has 152 valence electrons. The van der Waals surface area contributed by atoms with Crippen LogP contribution in [-0.4, -0.2) is 33.9 Å². The van der Waals surface area contributed by atoms with E-state index in [1.54, 1.807) is 12.1 Å². The van der Waals surface area contributed by atoms with Crippen molar-refractivity contribution < 1.29 is 8.42 Å². The number of fused-ring (bicyclic) bond motifs is 2.